The number of hydrogen-bond donors (Lipinski definition) is 1. The van der Waals surface area contributed by atoms with Crippen molar-refractivity contribution < 1.29 is 9.53 Å². The zero-order valence-electron chi connectivity index (χ0n) is 21.1. The smallest absolute Gasteiger partial charge is 0.268 e. The first kappa shape index (κ1) is 25.6. The highest BCUT2D eigenvalue weighted by molar-refractivity contribution is 6.40. The van der Waals surface area contributed by atoms with E-state index in [1.165, 1.54) is 42.5 Å². The van der Waals surface area contributed by atoms with Gasteiger partial charge in [-0.3, -0.25) is 9.69 Å². The Balaban J connectivity index is 1.25. The van der Waals surface area contributed by atoms with Crippen LogP contribution in [0.5, 0.6) is 5.88 Å². The maximum atomic E-state index is 13.1. The summed E-state index contributed by atoms with van der Waals surface area (Å²) in [7, 11) is 6.51. The Morgan fingerprint density at radius 2 is 1.62 bits per heavy atom. The molecule has 194 valence electrons. The van der Waals surface area contributed by atoms with Crippen LogP contribution in [0, 0.1) is 0 Å². The first-order chi connectivity index (χ1) is 17.8. The lowest BCUT2D eigenvalue weighted by Gasteiger charge is -2.38. The Morgan fingerprint density at radius 1 is 0.973 bits per heavy atom. The second-order valence-electron chi connectivity index (χ2n) is 9.70. The van der Waals surface area contributed by atoms with Crippen LogP contribution < -0.4 is 19.9 Å². The molecular weight excluding hydrogens is 511 g/mol. The van der Waals surface area contributed by atoms with Gasteiger partial charge in [0.05, 0.1) is 15.7 Å². The Kier molecular flexibility index (Phi) is 7.42. The van der Waals surface area contributed by atoms with Gasteiger partial charge in [-0.1, -0.05) is 29.3 Å². The molecule has 1 N–H and O–H groups in total. The van der Waals surface area contributed by atoms with Gasteiger partial charge in [0.25, 0.3) is 5.91 Å². The van der Waals surface area contributed by atoms with Crippen LogP contribution in [0.15, 0.2) is 48.7 Å². The van der Waals surface area contributed by atoms with Crippen molar-refractivity contribution in [2.45, 2.75) is 37.8 Å². The molecule has 5 rings (SSSR count). The van der Waals surface area contributed by atoms with E-state index < -0.39 is 0 Å². The molecule has 8 nitrogen and oxygen atoms in total. The minimum atomic E-state index is -0.324. The lowest BCUT2D eigenvalue weighted by atomic mass is 9.89. The van der Waals surface area contributed by atoms with Crippen LogP contribution in [0.1, 0.15) is 36.0 Å². The third kappa shape index (κ3) is 5.32. The van der Waals surface area contributed by atoms with Crippen molar-refractivity contribution >= 4 is 52.1 Å². The van der Waals surface area contributed by atoms with Crippen molar-refractivity contribution in [3.05, 3.63) is 64.3 Å². The highest BCUT2D eigenvalue weighted by Gasteiger charge is 2.31. The first-order valence-electron chi connectivity index (χ1n) is 12.3. The van der Waals surface area contributed by atoms with E-state index in [4.69, 9.17) is 27.9 Å². The summed E-state index contributed by atoms with van der Waals surface area (Å²) in [5.41, 5.74) is 2.67. The van der Waals surface area contributed by atoms with Crippen molar-refractivity contribution in [1.29, 1.82) is 0 Å². The molecule has 10 heteroatoms. The standard InChI is InChI=1S/C27H30Cl2N6O2/c1-33(2)18-11-13-20(14-12-18)34(3)19-9-7-17(8-10-19)31-27-30-15-21-25(32-27)37-16-35(26(21)36)24-22(28)5-4-6-23(24)29/h4-10,15,18,20H,11-14,16H2,1-3H3,(H,30,31,32). The fraction of sp³-hybridized carbons (Fsp3) is 0.370. The summed E-state index contributed by atoms with van der Waals surface area (Å²) >= 11 is 12.6. The molecule has 0 atom stereocenters. The molecule has 0 bridgehead atoms. The Bertz CT molecular complexity index is 1260. The first-order valence-corrected chi connectivity index (χ1v) is 13.1. The van der Waals surface area contributed by atoms with Crippen LogP contribution in [0.4, 0.5) is 23.0 Å². The lowest BCUT2D eigenvalue weighted by molar-refractivity contribution is 0.0932. The monoisotopic (exact) mass is 540 g/mol. The molecule has 1 aliphatic carbocycles. The number of carbonyl (C=O) groups is 1. The maximum absolute atomic E-state index is 13.1. The van der Waals surface area contributed by atoms with Crippen molar-refractivity contribution in [2.75, 3.05) is 43.0 Å². The zero-order chi connectivity index (χ0) is 26.1. The molecular formula is C27H30Cl2N6O2. The largest absolute Gasteiger partial charge is 0.455 e. The molecule has 0 radical (unpaired) electrons. The quantitative estimate of drug-likeness (QED) is 0.421. The fourth-order valence-electron chi connectivity index (χ4n) is 5.01. The number of rotatable bonds is 6. The Hall–Kier alpha value is -3.07. The number of ether oxygens (including phenoxy) is 1. The number of carbonyl (C=O) groups excluding carboxylic acids is 1. The molecule has 1 aliphatic heterocycles. The number of hydrogen-bond acceptors (Lipinski definition) is 7. The van der Waals surface area contributed by atoms with Crippen molar-refractivity contribution in [2.24, 2.45) is 0 Å². The van der Waals surface area contributed by atoms with Crippen LogP contribution in [-0.2, 0) is 0 Å². The van der Waals surface area contributed by atoms with Crippen molar-refractivity contribution in [3.63, 3.8) is 0 Å². The van der Waals surface area contributed by atoms with Crippen molar-refractivity contribution in [3.8, 4) is 5.88 Å². The van der Waals surface area contributed by atoms with E-state index in [0.717, 1.165) is 5.69 Å². The van der Waals surface area contributed by atoms with Gasteiger partial charge in [0, 0.05) is 36.7 Å². The minimum Gasteiger partial charge on any atom is -0.455 e. The van der Waals surface area contributed by atoms with Crippen LogP contribution >= 0.6 is 23.2 Å². The lowest BCUT2D eigenvalue weighted by Crippen LogP contribution is -2.40. The average Bonchev–Trinajstić information content (AvgIpc) is 2.90. The second-order valence-corrected chi connectivity index (χ2v) is 10.5. The predicted molar refractivity (Wildman–Crippen MR) is 149 cm³/mol. The average molecular weight is 541 g/mol. The SMILES string of the molecule is CN(C)C1CCC(N(C)c2ccc(Nc3ncc4c(n3)OCN(c3c(Cl)cccc3Cl)C4=O)cc2)CC1. The van der Waals surface area contributed by atoms with Crippen LogP contribution in [0.2, 0.25) is 10.0 Å². The summed E-state index contributed by atoms with van der Waals surface area (Å²) in [5.74, 6) is 0.236. The topological polar surface area (TPSA) is 73.8 Å². The summed E-state index contributed by atoms with van der Waals surface area (Å²) < 4.78 is 5.78. The number of amides is 1. The van der Waals surface area contributed by atoms with E-state index in [9.17, 15) is 4.79 Å². The maximum Gasteiger partial charge on any atom is 0.268 e. The molecule has 37 heavy (non-hydrogen) atoms. The van der Waals surface area contributed by atoms with Gasteiger partial charge in [-0.25, -0.2) is 4.98 Å². The molecule has 3 aromatic rings. The molecule has 0 unspecified atom stereocenters. The number of para-hydroxylation sites is 1. The van der Waals surface area contributed by atoms with Gasteiger partial charge in [-0.2, -0.15) is 4.98 Å². The van der Waals surface area contributed by atoms with Crippen LogP contribution in [0.3, 0.4) is 0 Å². The summed E-state index contributed by atoms with van der Waals surface area (Å²) in [6.45, 7) is -0.0524. The van der Waals surface area contributed by atoms with Crippen molar-refractivity contribution in [1.82, 2.24) is 14.9 Å². The second kappa shape index (κ2) is 10.7. The summed E-state index contributed by atoms with van der Waals surface area (Å²) in [5, 5.41) is 3.93. The van der Waals surface area contributed by atoms with E-state index in [-0.39, 0.29) is 24.1 Å². The van der Waals surface area contributed by atoms with E-state index in [1.54, 1.807) is 18.2 Å². The Labute approximate surface area is 227 Å². The highest BCUT2D eigenvalue weighted by Crippen LogP contribution is 2.37. The van der Waals surface area contributed by atoms with Gasteiger partial charge in [-0.05, 0) is 76.2 Å². The molecule has 1 fully saturated rings. The molecule has 0 saturated heterocycles. The number of halogens is 2. The minimum absolute atomic E-state index is 0.0524. The molecule has 1 amide bonds. The predicted octanol–water partition coefficient (Wildman–Crippen LogP) is 5.83. The molecule has 2 aromatic carbocycles. The van der Waals surface area contributed by atoms with Crippen LogP contribution in [0.25, 0.3) is 0 Å². The normalized spacial score (nSPS) is 19.4. The van der Waals surface area contributed by atoms with E-state index in [1.807, 2.05) is 12.1 Å². The Morgan fingerprint density at radius 3 is 2.27 bits per heavy atom. The highest BCUT2D eigenvalue weighted by atomic mass is 35.5. The summed E-state index contributed by atoms with van der Waals surface area (Å²) in [6, 6.07) is 14.5. The van der Waals surface area contributed by atoms with E-state index in [2.05, 4.69) is 58.4 Å². The molecule has 2 aliphatic rings. The third-order valence-corrected chi connectivity index (χ3v) is 7.85. The summed E-state index contributed by atoms with van der Waals surface area (Å²) in [6.07, 6.45) is 6.30. The number of nitrogens with one attached hydrogen (secondary N) is 1. The summed E-state index contributed by atoms with van der Waals surface area (Å²) in [4.78, 5) is 27.9. The van der Waals surface area contributed by atoms with E-state index >= 15 is 0 Å². The van der Waals surface area contributed by atoms with Gasteiger partial charge in [0.1, 0.15) is 5.56 Å². The van der Waals surface area contributed by atoms with Gasteiger partial charge < -0.3 is 19.9 Å². The van der Waals surface area contributed by atoms with Gasteiger partial charge in [0.2, 0.25) is 11.8 Å². The van der Waals surface area contributed by atoms with Gasteiger partial charge in [-0.15, -0.1) is 0 Å². The molecule has 1 aromatic heterocycles. The number of anilines is 4. The fourth-order valence-corrected chi connectivity index (χ4v) is 5.61. The van der Waals surface area contributed by atoms with Gasteiger partial charge >= 0.3 is 0 Å². The van der Waals surface area contributed by atoms with Gasteiger partial charge in [0.15, 0.2) is 6.73 Å². The number of fused-ring (bicyclic) bond motifs is 1. The third-order valence-electron chi connectivity index (χ3n) is 7.24. The number of nitrogens with zero attached hydrogens (tertiary/aromatic N) is 5. The zero-order valence-corrected chi connectivity index (χ0v) is 22.6. The number of benzene rings is 2. The molecule has 1 saturated carbocycles. The van der Waals surface area contributed by atoms with E-state index in [0.29, 0.717) is 33.8 Å². The number of aromatic nitrogens is 2. The molecule has 0 spiro atoms. The molecule has 2 heterocycles. The van der Waals surface area contributed by atoms with Crippen LogP contribution in [-0.4, -0.2) is 60.7 Å².